The van der Waals surface area contributed by atoms with E-state index < -0.39 is 5.54 Å². The van der Waals surface area contributed by atoms with Crippen LogP contribution in [0.2, 0.25) is 5.15 Å². The number of hydrogen-bond acceptors (Lipinski definition) is 6. The Hall–Kier alpha value is -5.99. The molecule has 0 fully saturated rings. The van der Waals surface area contributed by atoms with Crippen molar-refractivity contribution in [2.75, 3.05) is 0 Å². The molecule has 0 saturated carbocycles. The first-order valence-corrected chi connectivity index (χ1v) is 17.1. The molecule has 0 aliphatic carbocycles. The van der Waals surface area contributed by atoms with Crippen molar-refractivity contribution >= 4 is 22.8 Å². The first kappa shape index (κ1) is 31.3. The van der Waals surface area contributed by atoms with Crippen molar-refractivity contribution in [1.82, 2.24) is 39.7 Å². The summed E-state index contributed by atoms with van der Waals surface area (Å²) < 4.78 is 4.12. The maximum atomic E-state index is 6.39. The summed E-state index contributed by atoms with van der Waals surface area (Å²) in [7, 11) is 0. The van der Waals surface area contributed by atoms with Crippen molar-refractivity contribution in [3.8, 4) is 22.5 Å². The van der Waals surface area contributed by atoms with E-state index in [4.69, 9.17) is 26.9 Å². The zero-order valence-corrected chi connectivity index (χ0v) is 28.2. The Labute approximate surface area is 295 Å². The number of nitrogens with zero attached hydrogens (tertiary/aromatic N) is 8. The molecule has 0 unspecified atom stereocenters. The van der Waals surface area contributed by atoms with Gasteiger partial charge in [-0.3, -0.25) is 0 Å². The zero-order chi connectivity index (χ0) is 33.9. The molecule has 0 spiro atoms. The Balaban J connectivity index is 1.24. The summed E-state index contributed by atoms with van der Waals surface area (Å²) in [5.41, 5.74) is 7.81. The second-order valence-electron chi connectivity index (χ2n) is 12.2. The van der Waals surface area contributed by atoms with E-state index in [9.17, 15) is 0 Å². The van der Waals surface area contributed by atoms with Crippen molar-refractivity contribution in [2.45, 2.75) is 31.8 Å². The van der Waals surface area contributed by atoms with Gasteiger partial charge in [-0.15, -0.1) is 5.10 Å². The van der Waals surface area contributed by atoms with Crippen LogP contribution in [0.25, 0.3) is 33.7 Å². The quantitative estimate of drug-likeness (QED) is 0.107. The Bertz CT molecular complexity index is 2270. The maximum Gasteiger partial charge on any atom is 0.184 e. The molecule has 0 radical (unpaired) electrons. The summed E-state index contributed by atoms with van der Waals surface area (Å²) >= 11 is 6.39. The molecule has 0 bridgehead atoms. The molecule has 9 heteroatoms. The van der Waals surface area contributed by atoms with Gasteiger partial charge < -0.3 is 4.57 Å². The Morgan fingerprint density at radius 2 is 1.24 bits per heavy atom. The second-order valence-corrected chi connectivity index (χ2v) is 12.5. The van der Waals surface area contributed by atoms with E-state index in [1.54, 1.807) is 0 Å². The minimum absolute atomic E-state index is 0.371. The van der Waals surface area contributed by atoms with Gasteiger partial charge in [0.2, 0.25) is 0 Å². The lowest BCUT2D eigenvalue weighted by Crippen LogP contribution is -2.39. The molecule has 0 aliphatic rings. The Kier molecular flexibility index (Phi) is 8.44. The molecule has 3 heterocycles. The van der Waals surface area contributed by atoms with Crippen molar-refractivity contribution in [3.63, 3.8) is 0 Å². The molecule has 8 nitrogen and oxygen atoms in total. The monoisotopic (exact) mass is 672 g/mol. The van der Waals surface area contributed by atoms with Crippen LogP contribution in [0.1, 0.15) is 41.4 Å². The summed E-state index contributed by atoms with van der Waals surface area (Å²) in [4.78, 5) is 13.4. The second kappa shape index (κ2) is 13.5. The molecule has 8 rings (SSSR count). The van der Waals surface area contributed by atoms with Crippen molar-refractivity contribution in [2.24, 2.45) is 0 Å². The summed E-state index contributed by atoms with van der Waals surface area (Å²) in [6, 6.07) is 48.3. The van der Waals surface area contributed by atoms with Gasteiger partial charge >= 0.3 is 0 Å². The standard InChI is InChI=1S/C41H33ClN8/c1-2-14-36-45-37-38(42)43-28-44-40(37)49(36)27-29-23-25-30(26-24-29)34-21-12-13-22-35(34)39-46-47-48-50(39)41(31-15-6-3-7-16-31,32-17-8-4-9-18-32)33-19-10-5-11-20-33/h3-13,15-26,28H,2,14,27H2,1H3. The number of rotatable bonds is 10. The number of fused-ring (bicyclic) bond motifs is 1. The van der Waals surface area contributed by atoms with E-state index in [2.05, 4.69) is 142 Å². The van der Waals surface area contributed by atoms with Gasteiger partial charge in [0.1, 0.15) is 23.2 Å². The van der Waals surface area contributed by atoms with Gasteiger partial charge in [0, 0.05) is 12.0 Å². The first-order chi connectivity index (χ1) is 24.7. The van der Waals surface area contributed by atoms with E-state index in [1.807, 2.05) is 28.9 Å². The van der Waals surface area contributed by atoms with Crippen molar-refractivity contribution < 1.29 is 0 Å². The van der Waals surface area contributed by atoms with Crippen LogP contribution >= 0.6 is 11.6 Å². The molecule has 0 N–H and O–H groups in total. The fourth-order valence-corrected chi connectivity index (χ4v) is 7.09. The average Bonchev–Trinajstić information content (AvgIpc) is 3.80. The lowest BCUT2D eigenvalue weighted by atomic mass is 9.77. The van der Waals surface area contributed by atoms with Crippen LogP contribution in [0.3, 0.4) is 0 Å². The minimum atomic E-state index is -0.851. The van der Waals surface area contributed by atoms with Crippen LogP contribution < -0.4 is 0 Å². The van der Waals surface area contributed by atoms with E-state index >= 15 is 0 Å². The average molecular weight is 673 g/mol. The van der Waals surface area contributed by atoms with Crippen LogP contribution in [0.15, 0.2) is 146 Å². The molecule has 8 aromatic rings. The van der Waals surface area contributed by atoms with Gasteiger partial charge in [0.15, 0.2) is 16.6 Å². The third kappa shape index (κ3) is 5.44. The summed E-state index contributed by atoms with van der Waals surface area (Å²) in [5.74, 6) is 1.61. The molecular formula is C41H33ClN8. The van der Waals surface area contributed by atoms with Crippen LogP contribution in [-0.2, 0) is 18.5 Å². The number of aryl methyl sites for hydroxylation is 1. The highest BCUT2D eigenvalue weighted by atomic mass is 35.5. The lowest BCUT2D eigenvalue weighted by molar-refractivity contribution is 0.451. The third-order valence-electron chi connectivity index (χ3n) is 9.18. The van der Waals surface area contributed by atoms with E-state index in [0.29, 0.717) is 23.0 Å². The van der Waals surface area contributed by atoms with E-state index in [1.165, 1.54) is 6.33 Å². The normalized spacial score (nSPS) is 11.6. The molecular weight excluding hydrogens is 640 g/mol. The number of tetrazole rings is 1. The number of aromatic nitrogens is 8. The highest BCUT2D eigenvalue weighted by Gasteiger charge is 2.42. The van der Waals surface area contributed by atoms with Gasteiger partial charge in [-0.25, -0.2) is 19.6 Å². The van der Waals surface area contributed by atoms with E-state index in [-0.39, 0.29) is 0 Å². The number of hydrogen-bond donors (Lipinski definition) is 0. The van der Waals surface area contributed by atoms with Crippen LogP contribution in [-0.4, -0.2) is 39.7 Å². The van der Waals surface area contributed by atoms with Crippen LogP contribution in [0.5, 0.6) is 0 Å². The van der Waals surface area contributed by atoms with Gasteiger partial charge in [0.05, 0.1) is 6.54 Å². The Morgan fingerprint density at radius 1 is 0.660 bits per heavy atom. The fourth-order valence-electron chi connectivity index (χ4n) is 6.92. The summed E-state index contributed by atoms with van der Waals surface area (Å²) in [6.07, 6.45) is 3.28. The predicted octanol–water partition coefficient (Wildman–Crippen LogP) is 8.64. The lowest BCUT2D eigenvalue weighted by Gasteiger charge is -2.36. The highest BCUT2D eigenvalue weighted by molar-refractivity contribution is 6.33. The molecule has 244 valence electrons. The predicted molar refractivity (Wildman–Crippen MR) is 197 cm³/mol. The van der Waals surface area contributed by atoms with Gasteiger partial charge in [-0.05, 0) is 50.2 Å². The maximum absolute atomic E-state index is 6.39. The number of benzene rings is 5. The molecule has 0 saturated heterocycles. The first-order valence-electron chi connectivity index (χ1n) is 16.7. The SMILES string of the molecule is CCCc1nc2c(Cl)ncnc2n1Cc1ccc(-c2ccccc2-c2nnnn2C(c2ccccc2)(c2ccccc2)c2ccccc2)cc1. The van der Waals surface area contributed by atoms with Crippen molar-refractivity contribution in [1.29, 1.82) is 0 Å². The van der Waals surface area contributed by atoms with Crippen molar-refractivity contribution in [3.05, 3.63) is 179 Å². The molecule has 0 atom stereocenters. The summed E-state index contributed by atoms with van der Waals surface area (Å²) in [5, 5.41) is 14.2. The largest absolute Gasteiger partial charge is 0.308 e. The third-order valence-corrected chi connectivity index (χ3v) is 9.45. The fraction of sp³-hybridized carbons (Fsp3) is 0.122. The van der Waals surface area contributed by atoms with Crippen LogP contribution in [0.4, 0.5) is 0 Å². The minimum Gasteiger partial charge on any atom is -0.308 e. The van der Waals surface area contributed by atoms with Gasteiger partial charge in [-0.2, -0.15) is 0 Å². The van der Waals surface area contributed by atoms with Crippen LogP contribution in [0, 0.1) is 0 Å². The molecule has 5 aromatic carbocycles. The summed E-state index contributed by atoms with van der Waals surface area (Å²) in [6.45, 7) is 2.76. The topological polar surface area (TPSA) is 87.2 Å². The molecule has 3 aromatic heterocycles. The smallest absolute Gasteiger partial charge is 0.184 e. The zero-order valence-electron chi connectivity index (χ0n) is 27.4. The van der Waals surface area contributed by atoms with E-state index in [0.717, 1.165) is 63.3 Å². The number of halogens is 1. The number of imidazole rings is 1. The Morgan fingerprint density at radius 3 is 1.84 bits per heavy atom. The molecule has 50 heavy (non-hydrogen) atoms. The molecule has 0 amide bonds. The van der Waals surface area contributed by atoms with Gasteiger partial charge in [-0.1, -0.05) is 158 Å². The van der Waals surface area contributed by atoms with Gasteiger partial charge in [0.25, 0.3) is 0 Å². The highest BCUT2D eigenvalue weighted by Crippen LogP contribution is 2.43. The molecule has 0 aliphatic heterocycles.